The maximum Gasteiger partial charge on any atom is 0.320 e. The maximum absolute atomic E-state index is 10.1. The van der Waals surface area contributed by atoms with Crippen LogP contribution >= 0.6 is 0 Å². The molecular weight excluding hydrogens is 294 g/mol. The van der Waals surface area contributed by atoms with Gasteiger partial charge in [-0.15, -0.1) is 0 Å². The first-order chi connectivity index (χ1) is 10.1. The van der Waals surface area contributed by atoms with Gasteiger partial charge in [0.05, 0.1) is 6.54 Å². The van der Waals surface area contributed by atoms with Crippen LogP contribution in [-0.4, -0.2) is 58.4 Å². The molecule has 0 aromatic carbocycles. The molecule has 1 saturated heterocycles. The molecule has 0 amide bonds. The molecular formula is C13H27N3O6. The van der Waals surface area contributed by atoms with Crippen LogP contribution in [0.3, 0.4) is 0 Å². The summed E-state index contributed by atoms with van der Waals surface area (Å²) in [5.74, 6) is -2.24. The van der Waals surface area contributed by atoms with Gasteiger partial charge in [-0.25, -0.2) is 0 Å². The van der Waals surface area contributed by atoms with Gasteiger partial charge in [0.15, 0.2) is 0 Å². The highest BCUT2D eigenvalue weighted by molar-refractivity contribution is 5.73. The zero-order chi connectivity index (χ0) is 17.7. The summed E-state index contributed by atoms with van der Waals surface area (Å²) in [6.45, 7) is 4.47. The van der Waals surface area contributed by atoms with Gasteiger partial charge in [0.2, 0.25) is 0 Å². The largest absolute Gasteiger partial charge is 0.480 e. The molecule has 1 aliphatic rings. The Morgan fingerprint density at radius 1 is 1.23 bits per heavy atom. The minimum atomic E-state index is -0.968. The topological polar surface area (TPSA) is 176 Å². The Morgan fingerprint density at radius 2 is 1.73 bits per heavy atom. The average molecular weight is 321 g/mol. The summed E-state index contributed by atoms with van der Waals surface area (Å²) in [6, 6.07) is -0.958. The number of nitrogens with two attached hydrogens (primary N) is 2. The number of carboxylic acids is 3. The van der Waals surface area contributed by atoms with Gasteiger partial charge < -0.3 is 32.1 Å². The van der Waals surface area contributed by atoms with E-state index in [9.17, 15) is 14.4 Å². The Hall–Kier alpha value is -1.71. The zero-order valence-electron chi connectivity index (χ0n) is 13.0. The molecule has 1 rings (SSSR count). The maximum atomic E-state index is 10.1. The van der Waals surface area contributed by atoms with Crippen molar-refractivity contribution in [2.75, 3.05) is 13.1 Å². The Morgan fingerprint density at radius 3 is 1.86 bits per heavy atom. The molecule has 0 aromatic heterocycles. The number of nitrogens with one attached hydrogen (secondary N) is 1. The lowest BCUT2D eigenvalue weighted by molar-refractivity contribution is -0.139. The highest BCUT2D eigenvalue weighted by atomic mass is 16.4. The Labute approximate surface area is 129 Å². The molecule has 130 valence electrons. The second-order valence-electron chi connectivity index (χ2n) is 5.16. The number of carboxylic acid groups (broad SMARTS) is 3. The van der Waals surface area contributed by atoms with E-state index in [1.807, 2.05) is 13.8 Å². The minimum Gasteiger partial charge on any atom is -0.480 e. The van der Waals surface area contributed by atoms with E-state index in [1.165, 1.54) is 0 Å². The fourth-order valence-corrected chi connectivity index (χ4v) is 1.50. The van der Waals surface area contributed by atoms with E-state index in [4.69, 9.17) is 21.1 Å². The van der Waals surface area contributed by atoms with Crippen LogP contribution in [0.2, 0.25) is 0 Å². The molecule has 1 heterocycles. The molecule has 1 aliphatic heterocycles. The summed E-state index contributed by atoms with van der Waals surface area (Å²) in [7, 11) is 0. The highest BCUT2D eigenvalue weighted by Gasteiger charge is 2.20. The quantitative estimate of drug-likeness (QED) is 0.382. The van der Waals surface area contributed by atoms with Gasteiger partial charge in [-0.3, -0.25) is 14.4 Å². The van der Waals surface area contributed by atoms with E-state index in [0.717, 1.165) is 19.4 Å². The van der Waals surface area contributed by atoms with Crippen LogP contribution in [0.5, 0.6) is 0 Å². The van der Waals surface area contributed by atoms with Crippen molar-refractivity contribution in [3.8, 4) is 0 Å². The Balaban J connectivity index is 0. The molecule has 0 spiro atoms. The normalized spacial score (nSPS) is 17.6. The minimum absolute atomic E-state index is 0.269. The first-order valence-electron chi connectivity index (χ1n) is 6.98. The van der Waals surface area contributed by atoms with Gasteiger partial charge in [-0.05, 0) is 31.7 Å². The third-order valence-electron chi connectivity index (χ3n) is 2.58. The lowest BCUT2D eigenvalue weighted by Crippen LogP contribution is -2.31. The summed E-state index contributed by atoms with van der Waals surface area (Å²) in [6.07, 6.45) is 2.33. The van der Waals surface area contributed by atoms with E-state index in [1.54, 1.807) is 0 Å². The van der Waals surface area contributed by atoms with Gasteiger partial charge in [0, 0.05) is 0 Å². The van der Waals surface area contributed by atoms with Crippen LogP contribution in [0.4, 0.5) is 0 Å². The van der Waals surface area contributed by atoms with Crippen molar-refractivity contribution >= 4 is 17.9 Å². The smallest absolute Gasteiger partial charge is 0.320 e. The standard InChI is InChI=1S/C6H13NO2.C5H9NO2.C2H5NO2/c1-4(2)3-5(7)6(8)9;7-5(8)4-2-1-3-6-4;3-1-2(4)5/h4-5H,3,7H2,1-2H3,(H,8,9);4,6H,1-3H2,(H,7,8);1,3H2,(H,4,5)/t;4-;/m.0./s1. The van der Waals surface area contributed by atoms with Crippen molar-refractivity contribution in [2.45, 2.75) is 45.2 Å². The number of hydrogen-bond donors (Lipinski definition) is 6. The van der Waals surface area contributed by atoms with E-state index in [2.05, 4.69) is 11.1 Å². The fraction of sp³-hybridized carbons (Fsp3) is 0.769. The van der Waals surface area contributed by atoms with E-state index < -0.39 is 23.9 Å². The lowest BCUT2D eigenvalue weighted by atomic mass is 10.1. The van der Waals surface area contributed by atoms with Crippen LogP contribution in [0, 0.1) is 5.92 Å². The lowest BCUT2D eigenvalue weighted by Gasteiger charge is -2.07. The van der Waals surface area contributed by atoms with Crippen LogP contribution in [-0.2, 0) is 14.4 Å². The molecule has 9 nitrogen and oxygen atoms in total. The number of carbonyl (C=O) groups is 3. The Kier molecular flexibility index (Phi) is 13.3. The number of hydrogen-bond acceptors (Lipinski definition) is 6. The summed E-state index contributed by atoms with van der Waals surface area (Å²) < 4.78 is 0. The first kappa shape index (κ1) is 22.6. The van der Waals surface area contributed by atoms with Gasteiger partial charge in [0.25, 0.3) is 0 Å². The zero-order valence-corrected chi connectivity index (χ0v) is 13.0. The molecule has 0 aliphatic carbocycles. The highest BCUT2D eigenvalue weighted by Crippen LogP contribution is 2.03. The number of aliphatic carboxylic acids is 3. The molecule has 0 bridgehead atoms. The van der Waals surface area contributed by atoms with Crippen molar-refractivity contribution in [1.82, 2.24) is 5.32 Å². The summed E-state index contributed by atoms with van der Waals surface area (Å²) >= 11 is 0. The summed E-state index contributed by atoms with van der Waals surface area (Å²) in [5.41, 5.74) is 9.79. The third kappa shape index (κ3) is 14.7. The predicted octanol–water partition coefficient (Wildman–Crippen LogP) is -0.703. The second-order valence-corrected chi connectivity index (χ2v) is 5.16. The molecule has 2 atom stereocenters. The second kappa shape index (κ2) is 13.0. The summed E-state index contributed by atoms with van der Waals surface area (Å²) in [4.78, 5) is 29.5. The average Bonchev–Trinajstić information content (AvgIpc) is 2.93. The van der Waals surface area contributed by atoms with Crippen LogP contribution < -0.4 is 16.8 Å². The van der Waals surface area contributed by atoms with Gasteiger partial charge in [-0.1, -0.05) is 13.8 Å². The molecule has 9 heteroatoms. The number of rotatable bonds is 5. The van der Waals surface area contributed by atoms with Crippen molar-refractivity contribution < 1.29 is 29.7 Å². The molecule has 22 heavy (non-hydrogen) atoms. The van der Waals surface area contributed by atoms with Gasteiger partial charge in [-0.2, -0.15) is 0 Å². The molecule has 0 radical (unpaired) electrons. The van der Waals surface area contributed by atoms with Crippen LogP contribution in [0.15, 0.2) is 0 Å². The summed E-state index contributed by atoms with van der Waals surface area (Å²) in [5, 5.41) is 27.1. The van der Waals surface area contributed by atoms with Crippen LogP contribution in [0.25, 0.3) is 0 Å². The molecule has 1 unspecified atom stereocenters. The Bertz CT molecular complexity index is 343. The van der Waals surface area contributed by atoms with Crippen molar-refractivity contribution in [3.63, 3.8) is 0 Å². The molecule has 1 fully saturated rings. The first-order valence-corrected chi connectivity index (χ1v) is 6.98. The fourth-order valence-electron chi connectivity index (χ4n) is 1.50. The molecule has 0 saturated carbocycles. The van der Waals surface area contributed by atoms with E-state index in [0.29, 0.717) is 12.3 Å². The third-order valence-corrected chi connectivity index (χ3v) is 2.58. The monoisotopic (exact) mass is 321 g/mol. The predicted molar refractivity (Wildman–Crippen MR) is 80.4 cm³/mol. The molecule has 8 N–H and O–H groups in total. The van der Waals surface area contributed by atoms with Gasteiger partial charge in [0.1, 0.15) is 12.1 Å². The van der Waals surface area contributed by atoms with Crippen molar-refractivity contribution in [1.29, 1.82) is 0 Å². The van der Waals surface area contributed by atoms with Crippen molar-refractivity contribution in [2.24, 2.45) is 17.4 Å². The van der Waals surface area contributed by atoms with Crippen molar-refractivity contribution in [3.05, 3.63) is 0 Å². The molecule has 0 aromatic rings. The van der Waals surface area contributed by atoms with Crippen LogP contribution in [0.1, 0.15) is 33.1 Å². The van der Waals surface area contributed by atoms with E-state index in [-0.39, 0.29) is 12.6 Å². The van der Waals surface area contributed by atoms with E-state index >= 15 is 0 Å². The van der Waals surface area contributed by atoms with Gasteiger partial charge >= 0.3 is 17.9 Å². The SMILES string of the molecule is CC(C)CC(N)C(=O)O.NCC(=O)O.O=C(O)[C@@H]1CCCN1.